The van der Waals surface area contributed by atoms with E-state index in [1.165, 1.54) is 12.4 Å². The van der Waals surface area contributed by atoms with Crippen molar-refractivity contribution in [3.05, 3.63) is 59.2 Å². The predicted octanol–water partition coefficient (Wildman–Crippen LogP) is 2.18. The van der Waals surface area contributed by atoms with Crippen LogP contribution in [0.1, 0.15) is 32.1 Å². The maximum atomic E-state index is 10.4. The quantitative estimate of drug-likeness (QED) is 0.870. The summed E-state index contributed by atoms with van der Waals surface area (Å²) < 4.78 is 0. The largest absolute Gasteiger partial charge is 0.477 e. The minimum atomic E-state index is -0.974. The van der Waals surface area contributed by atoms with Crippen LogP contribution in [0.25, 0.3) is 0 Å². The molecule has 104 valence electrons. The fourth-order valence-electron chi connectivity index (χ4n) is 1.42. The minimum absolute atomic E-state index is 0.127. The number of aromatic nitrogens is 2. The SMILES string of the molecule is Cc1cccnc1C(=O)O.Cc1cccnc1C(=O)O. The van der Waals surface area contributed by atoms with E-state index in [1.807, 2.05) is 0 Å². The third kappa shape index (κ3) is 4.16. The van der Waals surface area contributed by atoms with Crippen LogP contribution < -0.4 is 0 Å². The molecule has 0 aromatic carbocycles. The van der Waals surface area contributed by atoms with E-state index in [1.54, 1.807) is 38.1 Å². The molecule has 6 heteroatoms. The molecule has 2 aromatic heterocycles. The Balaban J connectivity index is 0.000000200. The molecule has 0 saturated heterocycles. The fraction of sp³-hybridized carbons (Fsp3) is 0.143. The Morgan fingerprint density at radius 1 is 0.850 bits per heavy atom. The Morgan fingerprint density at radius 3 is 1.40 bits per heavy atom. The number of carboxylic acids is 2. The van der Waals surface area contributed by atoms with E-state index in [0.29, 0.717) is 11.1 Å². The van der Waals surface area contributed by atoms with E-state index >= 15 is 0 Å². The highest BCUT2D eigenvalue weighted by molar-refractivity contribution is 5.87. The van der Waals surface area contributed by atoms with Gasteiger partial charge >= 0.3 is 11.9 Å². The third-order valence-electron chi connectivity index (χ3n) is 2.42. The standard InChI is InChI=1S/2C7H7NO2/c2*1-5-3-2-4-8-6(5)7(9)10/h2*2-4H,1H3,(H,9,10). The van der Waals surface area contributed by atoms with Crippen molar-refractivity contribution >= 4 is 11.9 Å². The first kappa shape index (κ1) is 15.3. The number of aromatic carboxylic acids is 2. The summed E-state index contributed by atoms with van der Waals surface area (Å²) in [6, 6.07) is 6.86. The lowest BCUT2D eigenvalue weighted by Crippen LogP contribution is -2.01. The molecule has 0 atom stereocenters. The van der Waals surface area contributed by atoms with Gasteiger partial charge in [-0.1, -0.05) is 12.1 Å². The summed E-state index contributed by atoms with van der Waals surface area (Å²) in [6.45, 7) is 3.44. The van der Waals surface area contributed by atoms with E-state index in [4.69, 9.17) is 10.2 Å². The van der Waals surface area contributed by atoms with Gasteiger partial charge in [0.15, 0.2) is 11.4 Å². The van der Waals surface area contributed by atoms with E-state index in [0.717, 1.165) is 0 Å². The number of pyridine rings is 2. The average Bonchev–Trinajstić information content (AvgIpc) is 2.40. The molecule has 0 aliphatic carbocycles. The van der Waals surface area contributed by atoms with Crippen molar-refractivity contribution in [1.82, 2.24) is 9.97 Å². The van der Waals surface area contributed by atoms with Crippen molar-refractivity contribution in [2.24, 2.45) is 0 Å². The lowest BCUT2D eigenvalue weighted by Gasteiger charge is -1.95. The minimum Gasteiger partial charge on any atom is -0.477 e. The molecular weight excluding hydrogens is 260 g/mol. The second-order valence-corrected chi connectivity index (χ2v) is 3.95. The molecule has 0 saturated carbocycles. The van der Waals surface area contributed by atoms with Crippen LogP contribution in [0.15, 0.2) is 36.7 Å². The average molecular weight is 274 g/mol. The summed E-state index contributed by atoms with van der Waals surface area (Å²) in [5.41, 5.74) is 1.63. The van der Waals surface area contributed by atoms with Crippen LogP contribution >= 0.6 is 0 Å². The summed E-state index contributed by atoms with van der Waals surface area (Å²) in [5.74, 6) is -1.95. The monoisotopic (exact) mass is 274 g/mol. The van der Waals surface area contributed by atoms with Gasteiger partial charge < -0.3 is 10.2 Å². The van der Waals surface area contributed by atoms with Crippen molar-refractivity contribution < 1.29 is 19.8 Å². The van der Waals surface area contributed by atoms with E-state index in [-0.39, 0.29) is 11.4 Å². The van der Waals surface area contributed by atoms with Crippen LogP contribution in [0, 0.1) is 13.8 Å². The van der Waals surface area contributed by atoms with Gasteiger partial charge in [-0.3, -0.25) is 0 Å². The topological polar surface area (TPSA) is 100 Å². The summed E-state index contributed by atoms with van der Waals surface area (Å²) in [5, 5.41) is 17.0. The molecule has 2 rings (SSSR count). The molecule has 2 heterocycles. The molecule has 0 unspecified atom stereocenters. The molecule has 0 aliphatic heterocycles. The van der Waals surface area contributed by atoms with Crippen molar-refractivity contribution in [3.63, 3.8) is 0 Å². The smallest absolute Gasteiger partial charge is 0.354 e. The highest BCUT2D eigenvalue weighted by atomic mass is 16.4. The molecule has 6 nitrogen and oxygen atoms in total. The Kier molecular flexibility index (Phi) is 5.34. The first-order valence-corrected chi connectivity index (χ1v) is 5.73. The van der Waals surface area contributed by atoms with Crippen LogP contribution in [-0.2, 0) is 0 Å². The number of nitrogens with zero attached hydrogens (tertiary/aromatic N) is 2. The van der Waals surface area contributed by atoms with Gasteiger partial charge in [0, 0.05) is 12.4 Å². The number of carbonyl (C=O) groups is 2. The molecule has 20 heavy (non-hydrogen) atoms. The van der Waals surface area contributed by atoms with Gasteiger partial charge in [0.2, 0.25) is 0 Å². The van der Waals surface area contributed by atoms with Gasteiger partial charge in [-0.25, -0.2) is 19.6 Å². The number of hydrogen-bond acceptors (Lipinski definition) is 4. The van der Waals surface area contributed by atoms with Gasteiger partial charge in [-0.15, -0.1) is 0 Å². The van der Waals surface area contributed by atoms with Crippen LogP contribution in [-0.4, -0.2) is 32.1 Å². The number of hydrogen-bond donors (Lipinski definition) is 2. The third-order valence-corrected chi connectivity index (χ3v) is 2.42. The first-order valence-electron chi connectivity index (χ1n) is 5.73. The lowest BCUT2D eigenvalue weighted by molar-refractivity contribution is 0.0679. The summed E-state index contributed by atoms with van der Waals surface area (Å²) >= 11 is 0. The van der Waals surface area contributed by atoms with Crippen LogP contribution in [0.3, 0.4) is 0 Å². The normalized spacial score (nSPS) is 9.30. The number of rotatable bonds is 2. The van der Waals surface area contributed by atoms with Crippen LogP contribution in [0.2, 0.25) is 0 Å². The van der Waals surface area contributed by atoms with Crippen LogP contribution in [0.5, 0.6) is 0 Å². The molecule has 2 N–H and O–H groups in total. The molecule has 0 fully saturated rings. The molecule has 0 radical (unpaired) electrons. The van der Waals surface area contributed by atoms with Crippen molar-refractivity contribution in [1.29, 1.82) is 0 Å². The Bertz CT molecular complexity index is 571. The number of aryl methyl sites for hydroxylation is 2. The number of carboxylic acid groups (broad SMARTS) is 2. The van der Waals surface area contributed by atoms with Gasteiger partial charge in [0.1, 0.15) is 0 Å². The predicted molar refractivity (Wildman–Crippen MR) is 71.9 cm³/mol. The van der Waals surface area contributed by atoms with E-state index in [2.05, 4.69) is 9.97 Å². The van der Waals surface area contributed by atoms with Gasteiger partial charge in [-0.05, 0) is 37.1 Å². The highest BCUT2D eigenvalue weighted by Crippen LogP contribution is 2.02. The Morgan fingerprint density at radius 2 is 1.20 bits per heavy atom. The van der Waals surface area contributed by atoms with Crippen LogP contribution in [0.4, 0.5) is 0 Å². The van der Waals surface area contributed by atoms with E-state index in [9.17, 15) is 9.59 Å². The zero-order valence-corrected chi connectivity index (χ0v) is 11.1. The molecule has 0 aliphatic rings. The first-order chi connectivity index (χ1) is 9.43. The van der Waals surface area contributed by atoms with Gasteiger partial charge in [0.25, 0.3) is 0 Å². The lowest BCUT2D eigenvalue weighted by atomic mass is 10.2. The van der Waals surface area contributed by atoms with E-state index < -0.39 is 11.9 Å². The zero-order valence-electron chi connectivity index (χ0n) is 11.1. The Hall–Kier alpha value is -2.76. The van der Waals surface area contributed by atoms with Gasteiger partial charge in [-0.2, -0.15) is 0 Å². The summed E-state index contributed by atoms with van der Waals surface area (Å²) in [6.07, 6.45) is 2.94. The zero-order chi connectivity index (χ0) is 15.1. The van der Waals surface area contributed by atoms with Gasteiger partial charge in [0.05, 0.1) is 0 Å². The molecule has 2 aromatic rings. The molecule has 0 amide bonds. The second-order valence-electron chi connectivity index (χ2n) is 3.95. The highest BCUT2D eigenvalue weighted by Gasteiger charge is 2.05. The molecule has 0 bridgehead atoms. The van der Waals surface area contributed by atoms with Crippen molar-refractivity contribution in [2.75, 3.05) is 0 Å². The maximum Gasteiger partial charge on any atom is 0.354 e. The fourth-order valence-corrected chi connectivity index (χ4v) is 1.42. The second kappa shape index (κ2) is 6.98. The van der Waals surface area contributed by atoms with Crippen molar-refractivity contribution in [3.8, 4) is 0 Å². The summed E-state index contributed by atoms with van der Waals surface area (Å²) in [4.78, 5) is 28.1. The molecular formula is C14H14N2O4. The summed E-state index contributed by atoms with van der Waals surface area (Å²) in [7, 11) is 0. The molecule has 0 spiro atoms. The maximum absolute atomic E-state index is 10.4. The van der Waals surface area contributed by atoms with Crippen molar-refractivity contribution in [2.45, 2.75) is 13.8 Å². The Labute approximate surface area is 115 Å².